The van der Waals surface area contributed by atoms with Gasteiger partial charge in [-0.2, -0.15) is 4.31 Å². The summed E-state index contributed by atoms with van der Waals surface area (Å²) in [4.78, 5) is -0.221. The van der Waals surface area contributed by atoms with Crippen LogP contribution in [0.15, 0.2) is 23.1 Å². The van der Waals surface area contributed by atoms with Gasteiger partial charge in [0.25, 0.3) is 0 Å². The van der Waals surface area contributed by atoms with Crippen LogP contribution in [0.2, 0.25) is 0 Å². The fourth-order valence-corrected chi connectivity index (χ4v) is 3.96. The van der Waals surface area contributed by atoms with Gasteiger partial charge in [-0.1, -0.05) is 0 Å². The van der Waals surface area contributed by atoms with E-state index >= 15 is 0 Å². The molecule has 7 heteroatoms. The van der Waals surface area contributed by atoms with E-state index in [2.05, 4.69) is 0 Å². The van der Waals surface area contributed by atoms with Crippen LogP contribution in [0.25, 0.3) is 0 Å². The molecule has 2 N–H and O–H groups in total. The van der Waals surface area contributed by atoms with Gasteiger partial charge in [0, 0.05) is 19.1 Å². The van der Waals surface area contributed by atoms with E-state index in [9.17, 15) is 17.2 Å². The molecule has 0 spiro atoms. The van der Waals surface area contributed by atoms with Gasteiger partial charge in [-0.15, -0.1) is 0 Å². The molecule has 4 nitrogen and oxygen atoms in total. The molecule has 0 aromatic heterocycles. The zero-order chi connectivity index (χ0) is 14.9. The van der Waals surface area contributed by atoms with E-state index in [0.717, 1.165) is 31.0 Å². The molecule has 0 radical (unpaired) electrons. The fraction of sp³-hybridized carbons (Fsp3) is 0.538. The van der Waals surface area contributed by atoms with Gasteiger partial charge in [0.05, 0.1) is 4.90 Å². The molecule has 20 heavy (non-hydrogen) atoms. The Balaban J connectivity index is 2.27. The molecule has 2 atom stereocenters. The van der Waals surface area contributed by atoms with Gasteiger partial charge >= 0.3 is 0 Å². The van der Waals surface area contributed by atoms with Crippen LogP contribution in [0.5, 0.6) is 0 Å². The van der Waals surface area contributed by atoms with Crippen molar-refractivity contribution in [2.75, 3.05) is 13.1 Å². The van der Waals surface area contributed by atoms with Crippen molar-refractivity contribution in [3.63, 3.8) is 0 Å². The van der Waals surface area contributed by atoms with Gasteiger partial charge in [0.2, 0.25) is 10.0 Å². The molecule has 0 unspecified atom stereocenters. The molecule has 1 aromatic carbocycles. The molecule has 1 aromatic rings. The standard InChI is InChI=1S/C13H18F2N2O2S/c1-9(16)10-3-2-6-17(8-10)20(18,19)11-4-5-12(14)13(15)7-11/h4-5,7,9-10H,2-3,6,8,16H2,1H3/t9-,10-/m1/s1. The van der Waals surface area contributed by atoms with Crippen LogP contribution in [0.4, 0.5) is 8.78 Å². The Morgan fingerprint density at radius 1 is 1.35 bits per heavy atom. The summed E-state index contributed by atoms with van der Waals surface area (Å²) in [6.07, 6.45) is 1.59. The maximum absolute atomic E-state index is 13.2. The highest BCUT2D eigenvalue weighted by atomic mass is 32.2. The topological polar surface area (TPSA) is 63.4 Å². The van der Waals surface area contributed by atoms with Crippen molar-refractivity contribution in [2.24, 2.45) is 11.7 Å². The summed E-state index contributed by atoms with van der Waals surface area (Å²) >= 11 is 0. The molecule has 1 heterocycles. The predicted octanol–water partition coefficient (Wildman–Crippen LogP) is 1.71. The Labute approximate surface area is 117 Å². The van der Waals surface area contributed by atoms with E-state index in [4.69, 9.17) is 5.73 Å². The lowest BCUT2D eigenvalue weighted by atomic mass is 9.93. The second kappa shape index (κ2) is 5.75. The molecule has 2 rings (SSSR count). The Morgan fingerprint density at radius 2 is 2.05 bits per heavy atom. The van der Waals surface area contributed by atoms with Gasteiger partial charge in [-0.05, 0) is 43.9 Å². The molecule has 1 fully saturated rings. The van der Waals surface area contributed by atoms with Crippen molar-refractivity contribution in [3.8, 4) is 0 Å². The maximum atomic E-state index is 13.2. The van der Waals surface area contributed by atoms with Crippen molar-refractivity contribution in [2.45, 2.75) is 30.7 Å². The summed E-state index contributed by atoms with van der Waals surface area (Å²) in [5.41, 5.74) is 5.82. The number of benzene rings is 1. The van der Waals surface area contributed by atoms with Crippen LogP contribution < -0.4 is 5.73 Å². The van der Waals surface area contributed by atoms with Crippen LogP contribution >= 0.6 is 0 Å². The second-order valence-corrected chi connectivity index (χ2v) is 7.14. The summed E-state index contributed by atoms with van der Waals surface area (Å²) in [5, 5.41) is 0. The Morgan fingerprint density at radius 3 is 2.65 bits per heavy atom. The number of rotatable bonds is 3. The van der Waals surface area contributed by atoms with Gasteiger partial charge < -0.3 is 5.73 Å². The molecule has 0 saturated carbocycles. The second-order valence-electron chi connectivity index (χ2n) is 5.20. The van der Waals surface area contributed by atoms with Gasteiger partial charge in [0.15, 0.2) is 11.6 Å². The van der Waals surface area contributed by atoms with Gasteiger partial charge in [-0.25, -0.2) is 17.2 Å². The smallest absolute Gasteiger partial charge is 0.243 e. The Hall–Kier alpha value is -1.05. The fourth-order valence-electron chi connectivity index (χ4n) is 2.41. The van der Waals surface area contributed by atoms with E-state index in [1.165, 1.54) is 4.31 Å². The van der Waals surface area contributed by atoms with Gasteiger partial charge in [-0.3, -0.25) is 0 Å². The highest BCUT2D eigenvalue weighted by molar-refractivity contribution is 7.89. The van der Waals surface area contributed by atoms with Crippen LogP contribution in [0, 0.1) is 17.6 Å². The minimum atomic E-state index is -3.80. The van der Waals surface area contributed by atoms with E-state index in [1.807, 2.05) is 6.92 Å². The summed E-state index contributed by atoms with van der Waals surface area (Å²) in [7, 11) is -3.80. The third-order valence-corrected chi connectivity index (χ3v) is 5.55. The molecule has 1 saturated heterocycles. The summed E-state index contributed by atoms with van der Waals surface area (Å²) < 4.78 is 52.2. The largest absolute Gasteiger partial charge is 0.328 e. The molecule has 112 valence electrons. The third kappa shape index (κ3) is 2.99. The molecule has 0 bridgehead atoms. The first-order valence-electron chi connectivity index (χ1n) is 6.53. The van der Waals surface area contributed by atoms with Crippen molar-refractivity contribution in [1.82, 2.24) is 4.31 Å². The van der Waals surface area contributed by atoms with Crippen molar-refractivity contribution >= 4 is 10.0 Å². The zero-order valence-corrected chi connectivity index (χ0v) is 12.0. The number of hydrogen-bond acceptors (Lipinski definition) is 3. The Kier molecular flexibility index (Phi) is 4.41. The van der Waals surface area contributed by atoms with E-state index < -0.39 is 21.7 Å². The third-order valence-electron chi connectivity index (χ3n) is 3.69. The quantitative estimate of drug-likeness (QED) is 0.924. The number of sulfonamides is 1. The van der Waals surface area contributed by atoms with Gasteiger partial charge in [0.1, 0.15) is 0 Å². The lowest BCUT2D eigenvalue weighted by molar-refractivity contribution is 0.243. The van der Waals surface area contributed by atoms with E-state index in [1.54, 1.807) is 0 Å². The monoisotopic (exact) mass is 304 g/mol. The van der Waals surface area contributed by atoms with Crippen LogP contribution in [0.3, 0.4) is 0 Å². The number of nitrogens with zero attached hydrogens (tertiary/aromatic N) is 1. The highest BCUT2D eigenvalue weighted by Crippen LogP contribution is 2.25. The predicted molar refractivity (Wildman–Crippen MR) is 71.5 cm³/mol. The number of piperidine rings is 1. The average molecular weight is 304 g/mol. The first kappa shape index (κ1) is 15.3. The number of nitrogens with two attached hydrogens (primary N) is 1. The lowest BCUT2D eigenvalue weighted by Gasteiger charge is -2.33. The first-order valence-corrected chi connectivity index (χ1v) is 7.97. The van der Waals surface area contributed by atoms with Crippen molar-refractivity contribution in [1.29, 1.82) is 0 Å². The minimum absolute atomic E-state index is 0.0869. The van der Waals surface area contributed by atoms with Crippen LogP contribution in [-0.4, -0.2) is 31.9 Å². The zero-order valence-electron chi connectivity index (χ0n) is 11.2. The highest BCUT2D eigenvalue weighted by Gasteiger charge is 2.31. The SMILES string of the molecule is C[C@@H](N)[C@@H]1CCCN(S(=O)(=O)c2ccc(F)c(F)c2)C1. The maximum Gasteiger partial charge on any atom is 0.243 e. The number of hydrogen-bond donors (Lipinski definition) is 1. The average Bonchev–Trinajstić information content (AvgIpc) is 2.42. The summed E-state index contributed by atoms with van der Waals surface area (Å²) in [6, 6.07) is 2.54. The normalized spacial score (nSPS) is 22.7. The molecule has 1 aliphatic rings. The molecular weight excluding hydrogens is 286 g/mol. The summed E-state index contributed by atoms with van der Waals surface area (Å²) in [6.45, 7) is 2.54. The van der Waals surface area contributed by atoms with E-state index in [-0.39, 0.29) is 16.9 Å². The van der Waals surface area contributed by atoms with E-state index in [0.29, 0.717) is 13.1 Å². The number of halogens is 2. The summed E-state index contributed by atoms with van der Waals surface area (Å²) in [5.74, 6) is -2.13. The van der Waals surface area contributed by atoms with Crippen molar-refractivity contribution in [3.05, 3.63) is 29.8 Å². The molecule has 1 aliphatic heterocycles. The first-order chi connectivity index (χ1) is 9.32. The molecular formula is C13H18F2N2O2S. The van der Waals surface area contributed by atoms with Crippen LogP contribution in [-0.2, 0) is 10.0 Å². The lowest BCUT2D eigenvalue weighted by Crippen LogP contribution is -2.44. The minimum Gasteiger partial charge on any atom is -0.328 e. The molecule has 0 amide bonds. The van der Waals surface area contributed by atoms with Crippen LogP contribution in [0.1, 0.15) is 19.8 Å². The molecule has 0 aliphatic carbocycles. The van der Waals surface area contributed by atoms with Crippen molar-refractivity contribution < 1.29 is 17.2 Å². The Bertz CT molecular complexity index is 590.